The van der Waals surface area contributed by atoms with Gasteiger partial charge in [-0.25, -0.2) is 4.39 Å². The molecule has 0 N–H and O–H groups in total. The zero-order valence-electron chi connectivity index (χ0n) is 10.4. The zero-order valence-corrected chi connectivity index (χ0v) is 11.1. The van der Waals surface area contributed by atoms with Gasteiger partial charge in [0.2, 0.25) is 0 Å². The summed E-state index contributed by atoms with van der Waals surface area (Å²) in [4.78, 5) is 22.3. The molecule has 2 rings (SSSR count). The molecule has 0 saturated heterocycles. The maximum Gasteiger partial charge on any atom is 0.270 e. The Labute approximate surface area is 119 Å². The van der Waals surface area contributed by atoms with Crippen molar-refractivity contribution in [1.29, 1.82) is 0 Å². The van der Waals surface area contributed by atoms with E-state index in [-0.39, 0.29) is 16.3 Å². The van der Waals surface area contributed by atoms with Gasteiger partial charge < -0.3 is 0 Å². The monoisotopic (exact) mass is 293 g/mol. The van der Waals surface area contributed by atoms with Crippen LogP contribution in [0, 0.1) is 22.9 Å². The Morgan fingerprint density at radius 1 is 1.20 bits per heavy atom. The van der Waals surface area contributed by atoms with E-state index in [2.05, 4.69) is 0 Å². The van der Waals surface area contributed by atoms with E-state index in [4.69, 9.17) is 11.6 Å². The Morgan fingerprint density at radius 2 is 1.85 bits per heavy atom. The fourth-order valence-electron chi connectivity index (χ4n) is 1.83. The lowest BCUT2D eigenvalue weighted by molar-refractivity contribution is -0.384. The molecule has 0 radical (unpaired) electrons. The molecule has 2 aromatic rings. The quantitative estimate of drug-likeness (QED) is 0.489. The van der Waals surface area contributed by atoms with Gasteiger partial charge in [0.25, 0.3) is 5.69 Å². The molecule has 4 nitrogen and oxygen atoms in total. The second-order valence-electron chi connectivity index (χ2n) is 4.21. The van der Waals surface area contributed by atoms with Crippen LogP contribution in [0.3, 0.4) is 0 Å². The minimum Gasteiger partial charge on any atom is -0.289 e. The number of ketones is 1. The van der Waals surface area contributed by atoms with E-state index in [1.165, 1.54) is 30.3 Å². The number of non-ortho nitro benzene ring substituents is 1. The molecule has 6 heteroatoms. The highest BCUT2D eigenvalue weighted by molar-refractivity contribution is 6.35. The van der Waals surface area contributed by atoms with Crippen molar-refractivity contribution < 1.29 is 14.1 Å². The normalized spacial score (nSPS) is 10.3. The molecule has 0 atom stereocenters. The summed E-state index contributed by atoms with van der Waals surface area (Å²) in [7, 11) is 0. The minimum absolute atomic E-state index is 0.00655. The molecule has 0 aliphatic rings. The molecule has 0 heterocycles. The van der Waals surface area contributed by atoms with Gasteiger partial charge in [0.05, 0.1) is 9.95 Å². The smallest absolute Gasteiger partial charge is 0.270 e. The fourth-order valence-corrected chi connectivity index (χ4v) is 2.09. The zero-order chi connectivity index (χ0) is 14.9. The third kappa shape index (κ3) is 2.67. The molecule has 2 aromatic carbocycles. The van der Waals surface area contributed by atoms with Crippen LogP contribution in [-0.4, -0.2) is 10.7 Å². The third-order valence-corrected chi connectivity index (χ3v) is 3.15. The summed E-state index contributed by atoms with van der Waals surface area (Å²) in [5, 5.41) is 10.6. The first kappa shape index (κ1) is 14.1. The van der Waals surface area contributed by atoms with Crippen LogP contribution in [0.4, 0.5) is 10.1 Å². The van der Waals surface area contributed by atoms with Gasteiger partial charge in [-0.05, 0) is 36.8 Å². The number of aryl methyl sites for hydroxylation is 1. The maximum absolute atomic E-state index is 13.0. The van der Waals surface area contributed by atoms with Gasteiger partial charge in [0.1, 0.15) is 5.82 Å². The van der Waals surface area contributed by atoms with Gasteiger partial charge in [-0.15, -0.1) is 0 Å². The van der Waals surface area contributed by atoms with Crippen LogP contribution in [-0.2, 0) is 0 Å². The molecule has 20 heavy (non-hydrogen) atoms. The van der Waals surface area contributed by atoms with Gasteiger partial charge in [-0.2, -0.15) is 0 Å². The first-order chi connectivity index (χ1) is 9.40. The Balaban J connectivity index is 2.46. The van der Waals surface area contributed by atoms with E-state index in [0.717, 1.165) is 6.07 Å². The molecule has 0 aliphatic heterocycles. The summed E-state index contributed by atoms with van der Waals surface area (Å²) in [6, 6.07) is 7.41. The van der Waals surface area contributed by atoms with E-state index < -0.39 is 16.5 Å². The van der Waals surface area contributed by atoms with Crippen molar-refractivity contribution in [2.45, 2.75) is 6.92 Å². The third-order valence-electron chi connectivity index (χ3n) is 2.84. The number of rotatable bonds is 3. The van der Waals surface area contributed by atoms with Gasteiger partial charge in [-0.1, -0.05) is 11.6 Å². The predicted molar refractivity (Wildman–Crippen MR) is 72.7 cm³/mol. The van der Waals surface area contributed by atoms with Crippen LogP contribution < -0.4 is 0 Å². The molecule has 0 unspecified atom stereocenters. The molecule has 102 valence electrons. The SMILES string of the molecule is Cc1cc(F)ccc1C(=O)c1ccc([N+](=O)[O-])cc1Cl. The molecule has 0 aromatic heterocycles. The van der Waals surface area contributed by atoms with E-state index in [1.54, 1.807) is 6.92 Å². The van der Waals surface area contributed by atoms with Crippen LogP contribution >= 0.6 is 11.6 Å². The maximum atomic E-state index is 13.0. The van der Waals surface area contributed by atoms with E-state index in [9.17, 15) is 19.3 Å². The van der Waals surface area contributed by atoms with Crippen molar-refractivity contribution >= 4 is 23.1 Å². The molecule has 0 aliphatic carbocycles. The van der Waals surface area contributed by atoms with Gasteiger partial charge >= 0.3 is 0 Å². The molecule has 0 bridgehead atoms. The van der Waals surface area contributed by atoms with Crippen molar-refractivity contribution in [2.24, 2.45) is 0 Å². The number of nitro benzene ring substituents is 1. The first-order valence-electron chi connectivity index (χ1n) is 5.65. The van der Waals surface area contributed by atoms with Crippen molar-refractivity contribution in [3.8, 4) is 0 Å². The Kier molecular flexibility index (Phi) is 3.81. The Hall–Kier alpha value is -2.27. The Bertz CT molecular complexity index is 716. The number of halogens is 2. The van der Waals surface area contributed by atoms with Crippen molar-refractivity contribution in [3.05, 3.63) is 74.0 Å². The average molecular weight is 294 g/mol. The predicted octanol–water partition coefficient (Wildman–Crippen LogP) is 3.93. The van der Waals surface area contributed by atoms with Crippen LogP contribution in [0.1, 0.15) is 21.5 Å². The number of benzene rings is 2. The number of carbonyl (C=O) groups is 1. The van der Waals surface area contributed by atoms with Crippen molar-refractivity contribution in [1.82, 2.24) is 0 Å². The summed E-state index contributed by atoms with van der Waals surface area (Å²) in [5.41, 5.74) is 0.737. The summed E-state index contributed by atoms with van der Waals surface area (Å²) >= 11 is 5.90. The first-order valence-corrected chi connectivity index (χ1v) is 6.02. The minimum atomic E-state index is -0.594. The highest BCUT2D eigenvalue weighted by atomic mass is 35.5. The highest BCUT2D eigenvalue weighted by Gasteiger charge is 2.18. The number of nitro groups is 1. The van der Waals surface area contributed by atoms with Crippen LogP contribution in [0.15, 0.2) is 36.4 Å². The van der Waals surface area contributed by atoms with E-state index in [1.807, 2.05) is 0 Å². The molecular weight excluding hydrogens is 285 g/mol. The molecule has 0 fully saturated rings. The van der Waals surface area contributed by atoms with E-state index >= 15 is 0 Å². The topological polar surface area (TPSA) is 60.2 Å². The average Bonchev–Trinajstić information content (AvgIpc) is 2.37. The van der Waals surface area contributed by atoms with Gasteiger partial charge in [0, 0.05) is 23.3 Å². The summed E-state index contributed by atoms with van der Waals surface area (Å²) in [6.07, 6.45) is 0. The largest absolute Gasteiger partial charge is 0.289 e. The molecule has 0 amide bonds. The standard InChI is InChI=1S/C14H9ClFNO3/c1-8-6-9(16)2-4-11(8)14(18)12-5-3-10(17(19)20)7-13(12)15/h2-7H,1H3. The second-order valence-corrected chi connectivity index (χ2v) is 4.62. The lowest BCUT2D eigenvalue weighted by atomic mass is 9.99. The summed E-state index contributed by atoms with van der Waals surface area (Å²) in [6.45, 7) is 1.61. The van der Waals surface area contributed by atoms with Gasteiger partial charge in [0.15, 0.2) is 5.78 Å². The lowest BCUT2D eigenvalue weighted by Crippen LogP contribution is -2.05. The van der Waals surface area contributed by atoms with Crippen LogP contribution in [0.5, 0.6) is 0 Å². The summed E-state index contributed by atoms with van der Waals surface area (Å²) < 4.78 is 13.0. The number of hydrogen-bond donors (Lipinski definition) is 0. The van der Waals surface area contributed by atoms with Crippen LogP contribution in [0.2, 0.25) is 5.02 Å². The number of carbonyl (C=O) groups excluding carboxylic acids is 1. The number of nitrogens with zero attached hydrogens (tertiary/aromatic N) is 1. The van der Waals surface area contributed by atoms with Crippen LogP contribution in [0.25, 0.3) is 0 Å². The lowest BCUT2D eigenvalue weighted by Gasteiger charge is -2.06. The molecule has 0 saturated carbocycles. The van der Waals surface area contributed by atoms with Crippen molar-refractivity contribution in [3.63, 3.8) is 0 Å². The highest BCUT2D eigenvalue weighted by Crippen LogP contribution is 2.25. The van der Waals surface area contributed by atoms with Gasteiger partial charge in [-0.3, -0.25) is 14.9 Å². The fraction of sp³-hybridized carbons (Fsp3) is 0.0714. The summed E-state index contributed by atoms with van der Waals surface area (Å²) in [5.74, 6) is -0.837. The molecular formula is C14H9ClFNO3. The Morgan fingerprint density at radius 3 is 2.40 bits per heavy atom. The number of hydrogen-bond acceptors (Lipinski definition) is 3. The van der Waals surface area contributed by atoms with Crippen molar-refractivity contribution in [2.75, 3.05) is 0 Å². The van der Waals surface area contributed by atoms with E-state index in [0.29, 0.717) is 11.1 Å². The second kappa shape index (κ2) is 5.38. The molecule has 0 spiro atoms.